The molecule has 0 aliphatic rings. The van der Waals surface area contributed by atoms with Crippen LogP contribution >= 0.6 is 17.1 Å². The van der Waals surface area contributed by atoms with E-state index in [4.69, 9.17) is 20.9 Å². The van der Waals surface area contributed by atoms with Gasteiger partial charge in [0, 0.05) is 19.1 Å². The molecule has 1 aromatic carbocycles. The lowest BCUT2D eigenvalue weighted by atomic mass is 10.2. The highest BCUT2D eigenvalue weighted by molar-refractivity contribution is 8.67. The number of benzene rings is 1. The Morgan fingerprint density at radius 2 is 1.93 bits per heavy atom. The van der Waals surface area contributed by atoms with Crippen molar-refractivity contribution >= 4 is 28.9 Å². The first-order valence-electron chi connectivity index (χ1n) is 4.07. The summed E-state index contributed by atoms with van der Waals surface area (Å²) in [4.78, 5) is 1.09. The molecule has 78 valence electrons. The minimum Gasteiger partial charge on any atom is -0.325 e. The Bertz CT molecular complexity index is 346. The maximum Gasteiger partial charge on any atom is 0.251 e. The molecule has 14 heavy (non-hydrogen) atoms. The summed E-state index contributed by atoms with van der Waals surface area (Å²) < 4.78 is 10.4. The number of rotatable bonds is 4. The van der Waals surface area contributed by atoms with E-state index in [-0.39, 0.29) is 0 Å². The topological polar surface area (TPSA) is 18.5 Å². The van der Waals surface area contributed by atoms with Crippen LogP contribution in [0.2, 0.25) is 0 Å². The first-order valence-corrected chi connectivity index (χ1v) is 8.13. The summed E-state index contributed by atoms with van der Waals surface area (Å²) in [7, 11) is 3.18. The lowest BCUT2D eigenvalue weighted by Gasteiger charge is -2.16. The highest BCUT2D eigenvalue weighted by Crippen LogP contribution is 2.62. The second-order valence-electron chi connectivity index (χ2n) is 2.72. The Kier molecular flexibility index (Phi) is 4.61. The van der Waals surface area contributed by atoms with Gasteiger partial charge in [0.2, 0.25) is 0 Å². The molecule has 0 saturated carbocycles. The third kappa shape index (κ3) is 3.37. The summed E-state index contributed by atoms with van der Waals surface area (Å²) in [5, 5.41) is 0. The van der Waals surface area contributed by atoms with Crippen molar-refractivity contribution < 1.29 is 9.05 Å². The van der Waals surface area contributed by atoms with Crippen LogP contribution in [0, 0.1) is 6.92 Å². The van der Waals surface area contributed by atoms with E-state index >= 15 is 0 Å². The smallest absolute Gasteiger partial charge is 0.251 e. The molecule has 0 amide bonds. The van der Waals surface area contributed by atoms with Crippen molar-refractivity contribution in [2.24, 2.45) is 0 Å². The number of hydrogen-bond acceptors (Lipinski definition) is 4. The van der Waals surface area contributed by atoms with E-state index in [1.54, 1.807) is 14.2 Å². The number of aryl methyl sites for hydroxylation is 1. The predicted molar refractivity (Wildman–Crippen MR) is 65.3 cm³/mol. The normalized spacial score (nSPS) is 11.6. The molecule has 0 saturated heterocycles. The molecule has 0 heterocycles. The molecule has 1 rings (SSSR count). The largest absolute Gasteiger partial charge is 0.325 e. The minimum absolute atomic E-state index is 1.09. The Labute approximate surface area is 93.9 Å². The average molecular weight is 248 g/mol. The Morgan fingerprint density at radius 3 is 2.43 bits per heavy atom. The monoisotopic (exact) mass is 248 g/mol. The summed E-state index contributed by atoms with van der Waals surface area (Å²) in [5.41, 5.74) is -0.961. The first kappa shape index (κ1) is 12.2. The zero-order valence-corrected chi connectivity index (χ0v) is 10.9. The molecule has 5 heteroatoms. The van der Waals surface area contributed by atoms with Crippen LogP contribution in [0.25, 0.3) is 0 Å². The molecule has 0 bridgehead atoms. The number of hydrogen-bond donors (Lipinski definition) is 0. The van der Waals surface area contributed by atoms with Gasteiger partial charge in [-0.2, -0.15) is 0 Å². The third-order valence-corrected chi connectivity index (χ3v) is 7.00. The Hall–Kier alpha value is 0.140. The van der Waals surface area contributed by atoms with Crippen molar-refractivity contribution in [3.8, 4) is 0 Å². The molecule has 0 atom stereocenters. The van der Waals surface area contributed by atoms with Crippen LogP contribution in [0.3, 0.4) is 0 Å². The Balaban J connectivity index is 2.83. The molecule has 0 fully saturated rings. The van der Waals surface area contributed by atoms with Crippen LogP contribution in [-0.4, -0.2) is 14.2 Å². The van der Waals surface area contributed by atoms with Gasteiger partial charge in [-0.05, 0) is 42.2 Å². The van der Waals surface area contributed by atoms with Gasteiger partial charge in [-0.3, -0.25) is 0 Å². The van der Waals surface area contributed by atoms with Crippen molar-refractivity contribution in [3.63, 3.8) is 0 Å². The van der Waals surface area contributed by atoms with Crippen molar-refractivity contribution in [1.29, 1.82) is 0 Å². The molecule has 0 spiro atoms. The maximum atomic E-state index is 5.26. The van der Waals surface area contributed by atoms with Gasteiger partial charge >= 0.3 is 0 Å². The molecule has 2 nitrogen and oxygen atoms in total. The van der Waals surface area contributed by atoms with E-state index < -0.39 is 5.69 Å². The van der Waals surface area contributed by atoms with Gasteiger partial charge in [-0.15, -0.1) is 0 Å². The third-order valence-electron chi connectivity index (χ3n) is 1.65. The van der Waals surface area contributed by atoms with E-state index in [2.05, 4.69) is 6.07 Å². The fraction of sp³-hybridized carbons (Fsp3) is 0.333. The second kappa shape index (κ2) is 5.29. The molecule has 0 radical (unpaired) electrons. The fourth-order valence-electron chi connectivity index (χ4n) is 0.950. The molecule has 0 aliphatic carbocycles. The highest BCUT2D eigenvalue weighted by Gasteiger charge is 2.17. The van der Waals surface area contributed by atoms with E-state index in [0.717, 1.165) is 4.90 Å². The molecule has 0 aromatic heterocycles. The van der Waals surface area contributed by atoms with Crippen LogP contribution in [0.4, 0.5) is 0 Å². The quantitative estimate of drug-likeness (QED) is 0.757. The van der Waals surface area contributed by atoms with Crippen LogP contribution in [0.5, 0.6) is 0 Å². The molecule has 0 aliphatic heterocycles. The summed E-state index contributed by atoms with van der Waals surface area (Å²) >= 11 is 6.75. The van der Waals surface area contributed by atoms with Gasteiger partial charge in [0.15, 0.2) is 0 Å². The van der Waals surface area contributed by atoms with E-state index in [1.165, 1.54) is 16.9 Å². The van der Waals surface area contributed by atoms with Gasteiger partial charge in [0.05, 0.1) is 0 Å². The van der Waals surface area contributed by atoms with Gasteiger partial charge in [-0.1, -0.05) is 17.7 Å². The minimum atomic E-state index is -2.17. The molecule has 1 aromatic rings. The fourth-order valence-corrected chi connectivity index (χ4v) is 4.22. The van der Waals surface area contributed by atoms with E-state index in [0.29, 0.717) is 0 Å². The standard InChI is InChI=1S/C9H13O2PS2/c1-8-5-4-6-9(7-8)14-12(13,10-2)11-3/h4-7H,1-3H3. The summed E-state index contributed by atoms with van der Waals surface area (Å²) in [5.74, 6) is 0. The SMILES string of the molecule is COP(=S)(OC)Sc1cccc(C)c1. The Morgan fingerprint density at radius 1 is 1.29 bits per heavy atom. The van der Waals surface area contributed by atoms with Crippen molar-refractivity contribution in [1.82, 2.24) is 0 Å². The zero-order chi connectivity index (χ0) is 10.6. The predicted octanol–water partition coefficient (Wildman–Crippen LogP) is 3.60. The highest BCUT2D eigenvalue weighted by atomic mass is 32.9. The van der Waals surface area contributed by atoms with E-state index in [9.17, 15) is 0 Å². The van der Waals surface area contributed by atoms with Gasteiger partial charge < -0.3 is 9.05 Å². The maximum absolute atomic E-state index is 5.26. The lowest BCUT2D eigenvalue weighted by molar-refractivity contribution is 0.354. The average Bonchev–Trinajstić information content (AvgIpc) is 2.18. The van der Waals surface area contributed by atoms with Crippen molar-refractivity contribution in [2.75, 3.05) is 14.2 Å². The zero-order valence-electron chi connectivity index (χ0n) is 8.39. The molecule has 0 N–H and O–H groups in total. The summed E-state index contributed by atoms with van der Waals surface area (Å²) in [6, 6.07) is 8.14. The van der Waals surface area contributed by atoms with Gasteiger partial charge in [0.1, 0.15) is 0 Å². The van der Waals surface area contributed by atoms with Crippen molar-refractivity contribution in [2.45, 2.75) is 11.8 Å². The molecular weight excluding hydrogens is 235 g/mol. The second-order valence-corrected chi connectivity index (χ2v) is 9.12. The van der Waals surface area contributed by atoms with Crippen LogP contribution in [-0.2, 0) is 20.9 Å². The van der Waals surface area contributed by atoms with Crippen molar-refractivity contribution in [3.05, 3.63) is 29.8 Å². The van der Waals surface area contributed by atoms with E-state index in [1.807, 2.05) is 25.1 Å². The van der Waals surface area contributed by atoms with Gasteiger partial charge in [-0.25, -0.2) is 0 Å². The first-order chi connectivity index (χ1) is 6.59. The van der Waals surface area contributed by atoms with Crippen LogP contribution in [0.1, 0.15) is 5.56 Å². The summed E-state index contributed by atoms with van der Waals surface area (Å²) in [6.07, 6.45) is 0. The van der Waals surface area contributed by atoms with Crippen LogP contribution < -0.4 is 0 Å². The molecule has 0 unspecified atom stereocenters. The van der Waals surface area contributed by atoms with Gasteiger partial charge in [0.25, 0.3) is 5.69 Å². The van der Waals surface area contributed by atoms with Crippen LogP contribution in [0.15, 0.2) is 29.2 Å². The lowest BCUT2D eigenvalue weighted by Crippen LogP contribution is -1.83. The molecular formula is C9H13O2PS2. The summed E-state index contributed by atoms with van der Waals surface area (Å²) in [6.45, 7) is 2.05.